The summed E-state index contributed by atoms with van der Waals surface area (Å²) < 4.78 is 7.11. The number of fused-ring (bicyclic) bond motifs is 10. The number of aryl methyl sites for hydroxylation is 2. The van der Waals surface area contributed by atoms with E-state index in [9.17, 15) is 0 Å². The summed E-state index contributed by atoms with van der Waals surface area (Å²) in [6.45, 7) is 0. The Morgan fingerprint density at radius 2 is 0.837 bits per heavy atom. The van der Waals surface area contributed by atoms with Crippen LogP contribution in [-0.2, 0) is 21.1 Å². The van der Waals surface area contributed by atoms with Crippen LogP contribution in [0, 0.1) is 0 Å². The molecule has 0 aliphatic heterocycles. The fourth-order valence-corrected chi connectivity index (χ4v) is 7.64. The van der Waals surface area contributed by atoms with Crippen molar-refractivity contribution in [3.63, 3.8) is 0 Å². The van der Waals surface area contributed by atoms with E-state index in [0.29, 0.717) is 0 Å². The summed E-state index contributed by atoms with van der Waals surface area (Å²) in [5, 5.41) is 10.4. The van der Waals surface area contributed by atoms with Gasteiger partial charge in [0.1, 0.15) is 7.05 Å². The fraction of sp³-hybridized carbons (Fsp3) is 0.0750. The Morgan fingerprint density at radius 1 is 0.419 bits per heavy atom. The third kappa shape index (κ3) is 3.22. The van der Waals surface area contributed by atoms with Crippen LogP contribution in [0.3, 0.4) is 0 Å². The van der Waals surface area contributed by atoms with Crippen molar-refractivity contribution in [2.75, 3.05) is 0 Å². The molecule has 0 unspecified atom stereocenters. The molecule has 9 rings (SSSR count). The van der Waals surface area contributed by atoms with Crippen molar-refractivity contribution < 1.29 is 4.57 Å². The Morgan fingerprint density at radius 3 is 1.33 bits per heavy atom. The smallest absolute Gasteiger partial charge is 0.214 e. The van der Waals surface area contributed by atoms with E-state index in [2.05, 4.69) is 162 Å². The van der Waals surface area contributed by atoms with Gasteiger partial charge in [0.05, 0.1) is 22.2 Å². The van der Waals surface area contributed by atoms with E-state index in [4.69, 9.17) is 0 Å². The number of hydrogen-bond donors (Lipinski definition) is 0. The molecule has 0 saturated heterocycles. The maximum absolute atomic E-state index is 2.37. The van der Waals surface area contributed by atoms with E-state index in [-0.39, 0.29) is 0 Å². The molecule has 3 aromatic heterocycles. The molecule has 3 nitrogen and oxygen atoms in total. The summed E-state index contributed by atoms with van der Waals surface area (Å²) >= 11 is 0. The molecule has 0 bridgehead atoms. The average Bonchev–Trinajstić information content (AvgIpc) is 3.52. The van der Waals surface area contributed by atoms with Gasteiger partial charge in [-0.15, -0.1) is 0 Å². The molecule has 6 aromatic carbocycles. The molecule has 204 valence electrons. The van der Waals surface area contributed by atoms with Gasteiger partial charge in [-0.2, -0.15) is 4.57 Å². The first kappa shape index (κ1) is 24.2. The lowest BCUT2D eigenvalue weighted by Crippen LogP contribution is -2.34. The number of para-hydroxylation sites is 2. The maximum Gasteiger partial charge on any atom is 0.214 e. The van der Waals surface area contributed by atoms with E-state index >= 15 is 0 Å². The van der Waals surface area contributed by atoms with Crippen LogP contribution in [0.2, 0.25) is 0 Å². The second-order valence-electron chi connectivity index (χ2n) is 11.7. The number of nitrogens with zero attached hydrogens (tertiary/aromatic N) is 3. The molecule has 0 aliphatic rings. The van der Waals surface area contributed by atoms with Gasteiger partial charge in [0, 0.05) is 58.8 Å². The first-order valence-electron chi connectivity index (χ1n) is 14.9. The molecule has 0 amide bonds. The second-order valence-corrected chi connectivity index (χ2v) is 11.7. The van der Waals surface area contributed by atoms with Crippen LogP contribution in [0.15, 0.2) is 127 Å². The standard InChI is InChI=1S/C40H30N3/c1-41-33(29-15-8-17-31-37-27-13-6-4-11-25(27)21-23-35(37)42(2)39(29)31)19-10-20-34(41)30-16-9-18-32-38-28-14-7-5-12-26(28)22-24-36(38)43(3)40(30)32/h4-24H,1-3H3/q+1. The van der Waals surface area contributed by atoms with Crippen LogP contribution < -0.4 is 4.57 Å². The minimum Gasteiger partial charge on any atom is -0.343 e. The van der Waals surface area contributed by atoms with E-state index in [1.54, 1.807) is 0 Å². The highest BCUT2D eigenvalue weighted by atomic mass is 15.0. The van der Waals surface area contributed by atoms with Gasteiger partial charge in [-0.25, -0.2) is 0 Å². The van der Waals surface area contributed by atoms with Gasteiger partial charge in [-0.3, -0.25) is 0 Å². The van der Waals surface area contributed by atoms with Gasteiger partial charge in [-0.05, 0) is 51.9 Å². The van der Waals surface area contributed by atoms with Crippen molar-refractivity contribution in [2.45, 2.75) is 0 Å². The zero-order valence-corrected chi connectivity index (χ0v) is 24.5. The van der Waals surface area contributed by atoms with Crippen LogP contribution in [-0.4, -0.2) is 9.13 Å². The first-order chi connectivity index (χ1) is 21.1. The van der Waals surface area contributed by atoms with Crippen LogP contribution in [0.4, 0.5) is 0 Å². The second kappa shape index (κ2) is 8.80. The zero-order valence-electron chi connectivity index (χ0n) is 24.5. The van der Waals surface area contributed by atoms with Crippen molar-refractivity contribution in [1.82, 2.24) is 9.13 Å². The Labute approximate surface area is 249 Å². The van der Waals surface area contributed by atoms with Gasteiger partial charge in [-0.1, -0.05) is 84.9 Å². The zero-order chi connectivity index (χ0) is 28.8. The third-order valence-corrected chi connectivity index (χ3v) is 9.60. The summed E-state index contributed by atoms with van der Waals surface area (Å²) in [5.41, 5.74) is 9.89. The molecule has 0 radical (unpaired) electrons. The Bertz CT molecular complexity index is 2420. The summed E-state index contributed by atoms with van der Waals surface area (Å²) in [5.74, 6) is 0. The molecule has 0 aliphatic carbocycles. The molecular formula is C40H30N3+. The molecule has 0 atom stereocenters. The Kier molecular flexibility index (Phi) is 4.95. The lowest BCUT2D eigenvalue weighted by Gasteiger charge is -2.10. The summed E-state index contributed by atoms with van der Waals surface area (Å²) in [4.78, 5) is 0. The molecular weight excluding hydrogens is 522 g/mol. The molecule has 43 heavy (non-hydrogen) atoms. The van der Waals surface area contributed by atoms with Crippen LogP contribution in [0.1, 0.15) is 0 Å². The van der Waals surface area contributed by atoms with Gasteiger partial charge in [0.25, 0.3) is 0 Å². The summed E-state index contributed by atoms with van der Waals surface area (Å²) in [7, 11) is 6.61. The molecule has 9 aromatic rings. The number of hydrogen-bond acceptors (Lipinski definition) is 0. The van der Waals surface area contributed by atoms with E-state index in [1.807, 2.05) is 0 Å². The Balaban J connectivity index is 1.33. The SMILES string of the molecule is Cn1c2ccc3ccccc3c2c2cccc(-c3cccc(-c4cccc5c6c7ccccc7ccc6n(C)c45)[n+]3C)c21. The van der Waals surface area contributed by atoms with Gasteiger partial charge in [0.2, 0.25) is 11.4 Å². The van der Waals surface area contributed by atoms with E-state index in [0.717, 1.165) is 0 Å². The van der Waals surface area contributed by atoms with Crippen LogP contribution >= 0.6 is 0 Å². The van der Waals surface area contributed by atoms with Crippen LogP contribution in [0.25, 0.3) is 87.7 Å². The molecule has 3 heteroatoms. The van der Waals surface area contributed by atoms with Gasteiger partial charge in [0.15, 0.2) is 0 Å². The predicted molar refractivity (Wildman–Crippen MR) is 181 cm³/mol. The normalized spacial score (nSPS) is 12.1. The minimum absolute atomic E-state index is 1.19. The highest BCUT2D eigenvalue weighted by molar-refractivity contribution is 6.23. The van der Waals surface area contributed by atoms with Gasteiger partial charge >= 0.3 is 0 Å². The summed E-state index contributed by atoms with van der Waals surface area (Å²) in [6, 6.07) is 46.7. The van der Waals surface area contributed by atoms with Crippen molar-refractivity contribution in [2.24, 2.45) is 21.1 Å². The fourth-order valence-electron chi connectivity index (χ4n) is 7.64. The number of rotatable bonds is 2. The topological polar surface area (TPSA) is 13.7 Å². The highest BCUT2D eigenvalue weighted by Gasteiger charge is 2.24. The summed E-state index contributed by atoms with van der Waals surface area (Å²) in [6.07, 6.45) is 0. The number of pyridine rings is 1. The van der Waals surface area contributed by atoms with Crippen molar-refractivity contribution in [1.29, 1.82) is 0 Å². The lowest BCUT2D eigenvalue weighted by molar-refractivity contribution is -0.649. The molecule has 0 fully saturated rings. The van der Waals surface area contributed by atoms with Crippen molar-refractivity contribution >= 4 is 65.2 Å². The van der Waals surface area contributed by atoms with E-state index in [1.165, 1.54) is 87.7 Å². The first-order valence-corrected chi connectivity index (χ1v) is 14.9. The minimum atomic E-state index is 1.19. The molecule has 0 saturated carbocycles. The number of benzene rings is 6. The molecule has 0 spiro atoms. The predicted octanol–water partition coefficient (Wildman–Crippen LogP) is 9.44. The Hall–Kier alpha value is -5.41. The number of aromatic nitrogens is 3. The van der Waals surface area contributed by atoms with Crippen molar-refractivity contribution in [3.05, 3.63) is 127 Å². The van der Waals surface area contributed by atoms with Crippen LogP contribution in [0.5, 0.6) is 0 Å². The average molecular weight is 553 g/mol. The lowest BCUT2D eigenvalue weighted by atomic mass is 10.00. The monoisotopic (exact) mass is 552 g/mol. The quantitative estimate of drug-likeness (QED) is 0.190. The molecule has 3 heterocycles. The van der Waals surface area contributed by atoms with Crippen molar-refractivity contribution in [3.8, 4) is 22.5 Å². The largest absolute Gasteiger partial charge is 0.343 e. The molecule has 0 N–H and O–H groups in total. The highest BCUT2D eigenvalue weighted by Crippen LogP contribution is 2.40. The van der Waals surface area contributed by atoms with Gasteiger partial charge < -0.3 is 9.13 Å². The van der Waals surface area contributed by atoms with E-state index < -0.39 is 0 Å². The third-order valence-electron chi connectivity index (χ3n) is 9.60. The maximum atomic E-state index is 2.37.